The molecule has 0 bridgehead atoms. The van der Waals surface area contributed by atoms with E-state index in [1.165, 1.54) is 11.1 Å². The highest BCUT2D eigenvalue weighted by molar-refractivity contribution is 6.14. The van der Waals surface area contributed by atoms with Crippen LogP contribution in [0.2, 0.25) is 0 Å². The summed E-state index contributed by atoms with van der Waals surface area (Å²) >= 11 is 0. The van der Waals surface area contributed by atoms with Crippen LogP contribution in [0, 0.1) is 0 Å². The van der Waals surface area contributed by atoms with Crippen molar-refractivity contribution in [3.05, 3.63) is 181 Å². The molecule has 0 saturated carbocycles. The molecule has 0 spiro atoms. The van der Waals surface area contributed by atoms with Crippen LogP contribution in [-0.2, 0) is 5.41 Å². The number of furan rings is 1. The van der Waals surface area contributed by atoms with E-state index in [0.29, 0.717) is 17.5 Å². The van der Waals surface area contributed by atoms with Crippen molar-refractivity contribution < 1.29 is 4.42 Å². The van der Waals surface area contributed by atoms with Gasteiger partial charge in [-0.15, -0.1) is 0 Å². The Morgan fingerprint density at radius 1 is 0.492 bits per heavy atom. The lowest BCUT2D eigenvalue weighted by Gasteiger charge is -2.21. The molecule has 0 saturated heterocycles. The van der Waals surface area contributed by atoms with Crippen molar-refractivity contribution in [1.82, 2.24) is 29.5 Å². The van der Waals surface area contributed by atoms with E-state index in [1.807, 2.05) is 85.2 Å². The summed E-state index contributed by atoms with van der Waals surface area (Å²) in [7, 11) is 0. The monoisotopic (exact) mass is 758 g/mol. The molecule has 0 N–H and O–H groups in total. The van der Waals surface area contributed by atoms with E-state index in [1.54, 1.807) is 0 Å². The molecule has 1 aliphatic carbocycles. The highest BCUT2D eigenvalue weighted by Crippen LogP contribution is 2.49. The fourth-order valence-corrected chi connectivity index (χ4v) is 9.03. The van der Waals surface area contributed by atoms with Gasteiger partial charge in [0.15, 0.2) is 17.5 Å². The Bertz CT molecular complexity index is 3400. The fraction of sp³-hybridized carbons (Fsp3) is 0.0577. The summed E-state index contributed by atoms with van der Waals surface area (Å²) in [5.41, 5.74) is 15.1. The summed E-state index contributed by atoms with van der Waals surface area (Å²) in [6, 6.07) is 54.5. The van der Waals surface area contributed by atoms with Gasteiger partial charge in [-0.3, -0.25) is 4.98 Å². The number of pyridine rings is 2. The van der Waals surface area contributed by atoms with Crippen LogP contribution in [0.15, 0.2) is 175 Å². The molecule has 12 rings (SSSR count). The van der Waals surface area contributed by atoms with Crippen molar-refractivity contribution >= 4 is 43.9 Å². The highest BCUT2D eigenvalue weighted by atomic mass is 16.3. The average molecular weight is 759 g/mol. The maximum Gasteiger partial charge on any atom is 0.164 e. The average Bonchev–Trinajstić information content (AvgIpc) is 3.91. The predicted molar refractivity (Wildman–Crippen MR) is 236 cm³/mol. The lowest BCUT2D eigenvalue weighted by atomic mass is 9.83. The van der Waals surface area contributed by atoms with E-state index in [2.05, 4.69) is 108 Å². The largest absolute Gasteiger partial charge is 0.456 e. The number of rotatable bonds is 5. The predicted octanol–water partition coefficient (Wildman–Crippen LogP) is 12.6. The minimum absolute atomic E-state index is 0.201. The van der Waals surface area contributed by atoms with Gasteiger partial charge in [0.05, 0.1) is 22.2 Å². The Balaban J connectivity index is 1.06. The molecule has 5 heterocycles. The van der Waals surface area contributed by atoms with Crippen LogP contribution in [0.5, 0.6) is 0 Å². The Morgan fingerprint density at radius 3 is 1.88 bits per heavy atom. The number of para-hydroxylation sites is 1. The van der Waals surface area contributed by atoms with Crippen molar-refractivity contribution in [3.63, 3.8) is 0 Å². The van der Waals surface area contributed by atoms with Gasteiger partial charge in [-0.1, -0.05) is 117 Å². The molecule has 7 nitrogen and oxygen atoms in total. The lowest BCUT2D eigenvalue weighted by Crippen LogP contribution is -2.15. The SMILES string of the molecule is CC1(C)c2ccncc2-c2nc3c4cc(-c5ccc6oc7cccc(-c8nc(-c9ccccc9)nc(-c9ccccc9)n8)c7c6c5)ccc4n(-c4ccccc4)c3cc21. The molecule has 0 aliphatic heterocycles. The van der Waals surface area contributed by atoms with E-state index in [-0.39, 0.29) is 5.41 Å². The molecular weight excluding hydrogens is 725 g/mol. The first kappa shape index (κ1) is 33.4. The normalized spacial score (nSPS) is 13.1. The van der Waals surface area contributed by atoms with Gasteiger partial charge in [0.25, 0.3) is 0 Å². The molecule has 0 radical (unpaired) electrons. The number of hydrogen-bond acceptors (Lipinski definition) is 6. The van der Waals surface area contributed by atoms with Crippen LogP contribution >= 0.6 is 0 Å². The van der Waals surface area contributed by atoms with Crippen LogP contribution in [0.3, 0.4) is 0 Å². The molecule has 1 aliphatic rings. The van der Waals surface area contributed by atoms with Gasteiger partial charge in [-0.2, -0.15) is 0 Å². The number of nitrogens with zero attached hydrogens (tertiary/aromatic N) is 6. The summed E-state index contributed by atoms with van der Waals surface area (Å²) in [4.78, 5) is 25.1. The van der Waals surface area contributed by atoms with Gasteiger partial charge < -0.3 is 8.98 Å². The Kier molecular flexibility index (Phi) is 7.14. The third kappa shape index (κ3) is 5.11. The number of benzene rings is 6. The van der Waals surface area contributed by atoms with Crippen molar-refractivity contribution in [3.8, 4) is 62.2 Å². The molecule has 278 valence electrons. The second-order valence-corrected chi connectivity index (χ2v) is 15.7. The molecule has 59 heavy (non-hydrogen) atoms. The molecule has 11 aromatic rings. The fourth-order valence-electron chi connectivity index (χ4n) is 9.03. The minimum Gasteiger partial charge on any atom is -0.456 e. The topological polar surface area (TPSA) is 82.5 Å². The minimum atomic E-state index is -0.201. The van der Waals surface area contributed by atoms with E-state index in [0.717, 1.165) is 88.6 Å². The van der Waals surface area contributed by atoms with Crippen molar-refractivity contribution in [1.29, 1.82) is 0 Å². The highest BCUT2D eigenvalue weighted by Gasteiger charge is 2.37. The molecule has 0 unspecified atom stereocenters. The van der Waals surface area contributed by atoms with Gasteiger partial charge in [0, 0.05) is 61.9 Å². The van der Waals surface area contributed by atoms with E-state index < -0.39 is 0 Å². The molecule has 7 heteroatoms. The zero-order valence-electron chi connectivity index (χ0n) is 32.3. The van der Waals surface area contributed by atoms with Crippen LogP contribution in [0.1, 0.15) is 25.0 Å². The van der Waals surface area contributed by atoms with Gasteiger partial charge in [0.2, 0.25) is 0 Å². The van der Waals surface area contributed by atoms with Gasteiger partial charge in [-0.25, -0.2) is 19.9 Å². The number of hydrogen-bond donors (Lipinski definition) is 0. The van der Waals surface area contributed by atoms with Crippen molar-refractivity contribution in [2.75, 3.05) is 0 Å². The van der Waals surface area contributed by atoms with Crippen molar-refractivity contribution in [2.24, 2.45) is 0 Å². The van der Waals surface area contributed by atoms with E-state index in [4.69, 9.17) is 24.4 Å². The summed E-state index contributed by atoms with van der Waals surface area (Å²) in [6.07, 6.45) is 3.85. The second-order valence-electron chi connectivity index (χ2n) is 15.7. The zero-order chi connectivity index (χ0) is 39.2. The van der Waals surface area contributed by atoms with Gasteiger partial charge in [0.1, 0.15) is 11.2 Å². The number of aromatic nitrogens is 6. The van der Waals surface area contributed by atoms with Gasteiger partial charge >= 0.3 is 0 Å². The molecule has 5 aromatic heterocycles. The Morgan fingerprint density at radius 2 is 1.15 bits per heavy atom. The quantitative estimate of drug-likeness (QED) is 0.174. The van der Waals surface area contributed by atoms with Crippen LogP contribution in [-0.4, -0.2) is 29.5 Å². The summed E-state index contributed by atoms with van der Waals surface area (Å²) in [5, 5.41) is 3.04. The van der Waals surface area contributed by atoms with Crippen molar-refractivity contribution in [2.45, 2.75) is 19.3 Å². The molecule has 0 amide bonds. The van der Waals surface area contributed by atoms with E-state index in [9.17, 15) is 0 Å². The van der Waals surface area contributed by atoms with Crippen LogP contribution in [0.4, 0.5) is 0 Å². The second kappa shape index (κ2) is 12.6. The number of fused-ring (bicyclic) bond motifs is 9. The maximum atomic E-state index is 6.51. The lowest BCUT2D eigenvalue weighted by molar-refractivity contribution is 0.659. The van der Waals surface area contributed by atoms with Gasteiger partial charge in [-0.05, 0) is 76.9 Å². The van der Waals surface area contributed by atoms with Crippen LogP contribution < -0.4 is 0 Å². The molecular formula is C52H34N6O. The summed E-state index contributed by atoms with van der Waals surface area (Å²) < 4.78 is 8.86. The third-order valence-electron chi connectivity index (χ3n) is 11.9. The van der Waals surface area contributed by atoms with Crippen LogP contribution in [0.25, 0.3) is 106 Å². The zero-order valence-corrected chi connectivity index (χ0v) is 32.3. The third-order valence-corrected chi connectivity index (χ3v) is 11.9. The first-order valence-electron chi connectivity index (χ1n) is 19.8. The smallest absolute Gasteiger partial charge is 0.164 e. The maximum absolute atomic E-state index is 6.51. The molecule has 0 fully saturated rings. The van der Waals surface area contributed by atoms with E-state index >= 15 is 0 Å². The summed E-state index contributed by atoms with van der Waals surface area (Å²) in [6.45, 7) is 4.57. The molecule has 0 atom stereocenters. The summed E-state index contributed by atoms with van der Waals surface area (Å²) in [5.74, 6) is 1.82. The molecule has 6 aromatic carbocycles. The Labute approximate surface area is 339 Å². The first-order chi connectivity index (χ1) is 29.0. The Hall–Kier alpha value is -7.77. The standard InChI is InChI=1S/C52H34N6O/c1-52(2)40-25-26-53-30-39(40)47-41(52)29-43-48(54-47)37-27-33(21-23-42(37)58(43)35-17-10-5-11-18-35)34-22-24-44-38(28-34)46-36(19-12-20-45(46)59-44)51-56-49(31-13-6-3-7-14-31)55-50(57-51)32-15-8-4-9-16-32/h3-30H,1-2H3. The first-order valence-corrected chi connectivity index (χ1v) is 19.8.